The summed E-state index contributed by atoms with van der Waals surface area (Å²) in [5, 5.41) is 20.8. The number of rotatable bonds is 4. The molecule has 0 amide bonds. The van der Waals surface area contributed by atoms with E-state index in [1.807, 2.05) is 0 Å². The molecule has 1 N–H and O–H groups in total. The molecule has 0 radical (unpaired) electrons. The van der Waals surface area contributed by atoms with Crippen LogP contribution >= 0.6 is 0 Å². The Morgan fingerprint density at radius 1 is 1.27 bits per heavy atom. The molecule has 1 aliphatic heterocycles. The van der Waals surface area contributed by atoms with Gasteiger partial charge in [0.05, 0.1) is 23.8 Å². The first-order chi connectivity index (χ1) is 10.6. The lowest BCUT2D eigenvalue weighted by Crippen LogP contribution is -2.40. The molecule has 1 aromatic carbocycles. The fraction of sp³-hybridized carbons (Fsp3) is 0.308. The minimum Gasteiger partial charge on any atom is -0.379 e. The van der Waals surface area contributed by atoms with Crippen molar-refractivity contribution >= 4 is 21.4 Å². The monoisotopic (exact) mass is 319 g/mol. The molecule has 0 atom stereocenters. The maximum atomic E-state index is 12.5. The van der Waals surface area contributed by atoms with E-state index < -0.39 is 10.0 Å². The van der Waals surface area contributed by atoms with Crippen LogP contribution in [0.15, 0.2) is 34.3 Å². The van der Waals surface area contributed by atoms with Gasteiger partial charge in [-0.15, -0.1) is 0 Å². The summed E-state index contributed by atoms with van der Waals surface area (Å²) in [6, 6.07) is 9.24. The van der Waals surface area contributed by atoms with Gasteiger partial charge in [0, 0.05) is 13.1 Å². The molecule has 2 rings (SSSR count). The molecule has 114 valence electrons. The van der Waals surface area contributed by atoms with E-state index in [1.165, 1.54) is 16.4 Å². The Morgan fingerprint density at radius 2 is 1.95 bits per heavy atom. The van der Waals surface area contributed by atoms with Crippen LogP contribution < -0.4 is 5.43 Å². The van der Waals surface area contributed by atoms with Crippen LogP contribution in [0.25, 0.3) is 0 Å². The van der Waals surface area contributed by atoms with Crippen LogP contribution in [0.2, 0.25) is 0 Å². The zero-order valence-electron chi connectivity index (χ0n) is 11.6. The highest BCUT2D eigenvalue weighted by Crippen LogP contribution is 2.20. The first-order valence-corrected chi connectivity index (χ1v) is 7.84. The van der Waals surface area contributed by atoms with Crippen molar-refractivity contribution < 1.29 is 13.2 Å². The highest BCUT2D eigenvalue weighted by atomic mass is 32.2. The second-order valence-electron chi connectivity index (χ2n) is 4.34. The summed E-state index contributed by atoms with van der Waals surface area (Å²) in [6.45, 7) is 1.36. The Hall–Kier alpha value is -2.46. The molecular weight excluding hydrogens is 306 g/mol. The summed E-state index contributed by atoms with van der Waals surface area (Å²) in [6.07, 6.45) is 0. The molecule has 8 nitrogen and oxygen atoms in total. The number of sulfonamides is 1. The lowest BCUT2D eigenvalue weighted by Gasteiger charge is -2.26. The molecule has 1 saturated heterocycles. The maximum absolute atomic E-state index is 12.5. The number of hydrogen-bond acceptors (Lipinski definition) is 7. The van der Waals surface area contributed by atoms with Crippen LogP contribution in [0.5, 0.6) is 0 Å². The number of nitriles is 2. The standard InChI is InChI=1S/C13H13N5O3S/c14-9-12(10-15)17-16-11-2-1-3-13(8-11)22(19,20)18-4-6-21-7-5-18/h1-3,8,16H,4-7H2. The van der Waals surface area contributed by atoms with Crippen molar-refractivity contribution in [3.63, 3.8) is 0 Å². The summed E-state index contributed by atoms with van der Waals surface area (Å²) in [4.78, 5) is 0.116. The van der Waals surface area contributed by atoms with Crippen molar-refractivity contribution in [2.45, 2.75) is 4.90 Å². The molecule has 0 saturated carbocycles. The van der Waals surface area contributed by atoms with Crippen molar-refractivity contribution in [2.24, 2.45) is 5.10 Å². The lowest BCUT2D eigenvalue weighted by atomic mass is 10.3. The van der Waals surface area contributed by atoms with Gasteiger partial charge in [0.2, 0.25) is 15.7 Å². The maximum Gasteiger partial charge on any atom is 0.243 e. The molecule has 0 unspecified atom stereocenters. The second-order valence-corrected chi connectivity index (χ2v) is 6.28. The van der Waals surface area contributed by atoms with Crippen molar-refractivity contribution in [3.8, 4) is 12.1 Å². The van der Waals surface area contributed by atoms with Gasteiger partial charge in [0.15, 0.2) is 0 Å². The van der Waals surface area contributed by atoms with E-state index in [4.69, 9.17) is 15.3 Å². The second kappa shape index (κ2) is 7.00. The number of hydrogen-bond donors (Lipinski definition) is 1. The Labute approximate surface area is 128 Å². The third-order valence-electron chi connectivity index (χ3n) is 2.95. The topological polar surface area (TPSA) is 119 Å². The van der Waals surface area contributed by atoms with Crippen molar-refractivity contribution in [2.75, 3.05) is 31.7 Å². The molecule has 0 bridgehead atoms. The summed E-state index contributed by atoms with van der Waals surface area (Å²) < 4.78 is 31.5. The first-order valence-electron chi connectivity index (χ1n) is 6.40. The number of anilines is 1. The number of benzene rings is 1. The van der Waals surface area contributed by atoms with Gasteiger partial charge in [-0.2, -0.15) is 19.9 Å². The van der Waals surface area contributed by atoms with Gasteiger partial charge in [0.1, 0.15) is 12.1 Å². The Kier molecular flexibility index (Phi) is 5.07. The molecule has 1 aromatic rings. The number of nitrogens with zero attached hydrogens (tertiary/aromatic N) is 4. The van der Waals surface area contributed by atoms with Gasteiger partial charge in [-0.3, -0.25) is 5.43 Å². The van der Waals surface area contributed by atoms with Gasteiger partial charge in [0.25, 0.3) is 0 Å². The smallest absolute Gasteiger partial charge is 0.243 e. The van der Waals surface area contributed by atoms with Gasteiger partial charge in [-0.05, 0) is 18.2 Å². The third-order valence-corrected chi connectivity index (χ3v) is 4.85. The summed E-state index contributed by atoms with van der Waals surface area (Å²) in [7, 11) is -3.60. The zero-order valence-corrected chi connectivity index (χ0v) is 12.4. The third kappa shape index (κ3) is 3.59. The molecule has 22 heavy (non-hydrogen) atoms. The van der Waals surface area contributed by atoms with Gasteiger partial charge < -0.3 is 4.74 Å². The molecule has 1 aliphatic rings. The van der Waals surface area contributed by atoms with E-state index in [1.54, 1.807) is 24.3 Å². The van der Waals surface area contributed by atoms with E-state index in [0.717, 1.165) is 0 Å². The number of morpholine rings is 1. The predicted molar refractivity (Wildman–Crippen MR) is 78.3 cm³/mol. The van der Waals surface area contributed by atoms with E-state index in [2.05, 4.69) is 10.5 Å². The zero-order chi connectivity index (χ0) is 16.0. The van der Waals surface area contributed by atoms with E-state index in [9.17, 15) is 8.42 Å². The SMILES string of the molecule is N#CC(C#N)=NNc1cccc(S(=O)(=O)N2CCOCC2)c1. The van der Waals surface area contributed by atoms with Gasteiger partial charge in [-0.1, -0.05) is 6.07 Å². The minimum atomic E-state index is -3.60. The predicted octanol–water partition coefficient (Wildman–Crippen LogP) is 0.523. The van der Waals surface area contributed by atoms with Gasteiger partial charge >= 0.3 is 0 Å². The lowest BCUT2D eigenvalue weighted by molar-refractivity contribution is 0.0730. The fourth-order valence-corrected chi connectivity index (χ4v) is 3.31. The molecule has 9 heteroatoms. The molecule has 1 heterocycles. The molecule has 1 fully saturated rings. The van der Waals surface area contributed by atoms with Crippen LogP contribution in [0.4, 0.5) is 5.69 Å². The number of ether oxygens (including phenoxy) is 1. The van der Waals surface area contributed by atoms with Gasteiger partial charge in [-0.25, -0.2) is 8.42 Å². The van der Waals surface area contributed by atoms with E-state index in [0.29, 0.717) is 32.0 Å². The highest BCUT2D eigenvalue weighted by molar-refractivity contribution is 7.89. The summed E-state index contributed by atoms with van der Waals surface area (Å²) in [5.74, 6) is 0. The van der Waals surface area contributed by atoms with Crippen LogP contribution in [-0.4, -0.2) is 44.7 Å². The van der Waals surface area contributed by atoms with Crippen LogP contribution in [0.3, 0.4) is 0 Å². The Balaban J connectivity index is 2.23. The number of nitrogens with one attached hydrogen (secondary N) is 1. The summed E-state index contributed by atoms with van der Waals surface area (Å²) >= 11 is 0. The average Bonchev–Trinajstić information content (AvgIpc) is 2.57. The Bertz CT molecular complexity index is 739. The van der Waals surface area contributed by atoms with Crippen LogP contribution in [-0.2, 0) is 14.8 Å². The van der Waals surface area contributed by atoms with Crippen molar-refractivity contribution in [1.29, 1.82) is 10.5 Å². The summed E-state index contributed by atoms with van der Waals surface area (Å²) in [5.41, 5.74) is 2.52. The largest absolute Gasteiger partial charge is 0.379 e. The first kappa shape index (κ1) is 15.9. The average molecular weight is 319 g/mol. The molecular formula is C13H13N5O3S. The fourth-order valence-electron chi connectivity index (χ4n) is 1.86. The van der Waals surface area contributed by atoms with E-state index in [-0.39, 0.29) is 10.6 Å². The Morgan fingerprint density at radius 3 is 2.59 bits per heavy atom. The van der Waals surface area contributed by atoms with Crippen molar-refractivity contribution in [1.82, 2.24) is 4.31 Å². The van der Waals surface area contributed by atoms with Crippen molar-refractivity contribution in [3.05, 3.63) is 24.3 Å². The highest BCUT2D eigenvalue weighted by Gasteiger charge is 2.26. The van der Waals surface area contributed by atoms with Crippen LogP contribution in [0.1, 0.15) is 0 Å². The molecule has 0 spiro atoms. The molecule has 0 aliphatic carbocycles. The quantitative estimate of drug-likeness (QED) is 0.638. The minimum absolute atomic E-state index is 0.116. The van der Waals surface area contributed by atoms with Crippen LogP contribution in [0, 0.1) is 22.7 Å². The van der Waals surface area contributed by atoms with E-state index >= 15 is 0 Å². The normalized spacial score (nSPS) is 15.4. The number of hydrazone groups is 1. The molecule has 0 aromatic heterocycles.